The highest BCUT2D eigenvalue weighted by atomic mass is 16.5. The number of pyridine rings is 1. The molecule has 1 aromatic carbocycles. The summed E-state index contributed by atoms with van der Waals surface area (Å²) in [7, 11) is 1.63. The molecule has 6 heteroatoms. The lowest BCUT2D eigenvalue weighted by Crippen LogP contribution is -2.35. The van der Waals surface area contributed by atoms with E-state index in [0.29, 0.717) is 6.54 Å². The number of hydrogen-bond donors (Lipinski definition) is 0. The fourth-order valence-electron chi connectivity index (χ4n) is 3.85. The van der Waals surface area contributed by atoms with Crippen molar-refractivity contribution in [3.05, 3.63) is 46.2 Å². The summed E-state index contributed by atoms with van der Waals surface area (Å²) in [6, 6.07) is 7.41. The summed E-state index contributed by atoms with van der Waals surface area (Å²) in [5.74, 6) is 0.534. The Labute approximate surface area is 157 Å². The van der Waals surface area contributed by atoms with Crippen LogP contribution >= 0.6 is 0 Å². The lowest BCUT2D eigenvalue weighted by Gasteiger charge is -2.38. The van der Waals surface area contributed by atoms with Gasteiger partial charge in [-0.1, -0.05) is 20.8 Å². The van der Waals surface area contributed by atoms with E-state index in [1.54, 1.807) is 19.4 Å². The average molecular weight is 365 g/mol. The highest BCUT2D eigenvalue weighted by Gasteiger charge is 2.34. The number of benzene rings is 1. The van der Waals surface area contributed by atoms with E-state index in [1.165, 1.54) is 6.92 Å². The lowest BCUT2D eigenvalue weighted by atomic mass is 9.84. The molecule has 0 bridgehead atoms. The van der Waals surface area contributed by atoms with E-state index in [0.717, 1.165) is 28.0 Å². The molecule has 0 spiro atoms. The molecule has 1 aliphatic heterocycles. The summed E-state index contributed by atoms with van der Waals surface area (Å²) in [5.41, 5.74) is 2.42. The number of aromatic nitrogens is 3. The molecule has 4 rings (SSSR count). The smallest absolute Gasteiger partial charge is 0.193 e. The normalized spacial score (nSPS) is 16.1. The number of carbonyl (C=O) groups is 1. The maximum Gasteiger partial charge on any atom is 0.193 e. The molecule has 1 unspecified atom stereocenters. The van der Waals surface area contributed by atoms with Crippen molar-refractivity contribution in [3.8, 4) is 17.1 Å². The van der Waals surface area contributed by atoms with Crippen molar-refractivity contribution in [1.82, 2.24) is 14.3 Å². The van der Waals surface area contributed by atoms with Crippen LogP contribution in [0.15, 0.2) is 35.3 Å². The van der Waals surface area contributed by atoms with Gasteiger partial charge in [0.05, 0.1) is 42.2 Å². The fourth-order valence-corrected chi connectivity index (χ4v) is 3.85. The predicted molar refractivity (Wildman–Crippen MR) is 104 cm³/mol. The number of rotatable bonds is 2. The van der Waals surface area contributed by atoms with Crippen molar-refractivity contribution in [2.45, 2.75) is 40.3 Å². The minimum atomic E-state index is -0.252. The molecule has 0 fully saturated rings. The second kappa shape index (κ2) is 5.81. The molecular formula is C21H23N3O3. The second-order valence-electron chi connectivity index (χ2n) is 8.20. The second-order valence-corrected chi connectivity index (χ2v) is 8.20. The van der Waals surface area contributed by atoms with E-state index < -0.39 is 0 Å². The third-order valence-electron chi connectivity index (χ3n) is 5.33. The van der Waals surface area contributed by atoms with Gasteiger partial charge in [-0.3, -0.25) is 14.3 Å². The number of carbonyl (C=O) groups excluding carboxylic acids is 1. The SMILES string of the molecule is COc1ccc2c3n(nc2c1)CC(C(C)(C)C)n1cc(C(C)=O)c(=O)cc1-3. The van der Waals surface area contributed by atoms with Crippen molar-refractivity contribution < 1.29 is 9.53 Å². The molecule has 0 aliphatic carbocycles. The van der Waals surface area contributed by atoms with Crippen molar-refractivity contribution in [2.24, 2.45) is 5.41 Å². The molecule has 3 heterocycles. The van der Waals surface area contributed by atoms with Gasteiger partial charge in [0.2, 0.25) is 0 Å². The van der Waals surface area contributed by atoms with Crippen LogP contribution in [-0.4, -0.2) is 27.2 Å². The van der Waals surface area contributed by atoms with E-state index in [4.69, 9.17) is 9.84 Å². The van der Waals surface area contributed by atoms with Crippen molar-refractivity contribution >= 4 is 16.7 Å². The van der Waals surface area contributed by atoms with E-state index in [1.807, 2.05) is 22.9 Å². The van der Waals surface area contributed by atoms with Crippen LogP contribution in [0.5, 0.6) is 5.75 Å². The Kier molecular flexibility index (Phi) is 3.77. The van der Waals surface area contributed by atoms with Crippen LogP contribution in [0.2, 0.25) is 0 Å². The van der Waals surface area contributed by atoms with Gasteiger partial charge in [0.25, 0.3) is 0 Å². The molecule has 0 saturated carbocycles. The van der Waals surface area contributed by atoms with Gasteiger partial charge in [-0.15, -0.1) is 0 Å². The number of nitrogens with zero attached hydrogens (tertiary/aromatic N) is 3. The standard InChI is InChI=1S/C21H23N3O3/c1-12(25)15-10-23-17(9-18(15)26)20-14-7-6-13(27-5)8-16(14)22-24(20)11-19(23)21(2,3)4/h6-10,19H,11H2,1-5H3. The number of ketones is 1. The summed E-state index contributed by atoms with van der Waals surface area (Å²) in [5, 5.41) is 5.73. The van der Waals surface area contributed by atoms with E-state index in [-0.39, 0.29) is 28.2 Å². The highest BCUT2D eigenvalue weighted by molar-refractivity contribution is 5.96. The van der Waals surface area contributed by atoms with Crippen LogP contribution in [0.3, 0.4) is 0 Å². The van der Waals surface area contributed by atoms with E-state index in [9.17, 15) is 9.59 Å². The zero-order valence-electron chi connectivity index (χ0n) is 16.2. The van der Waals surface area contributed by atoms with Gasteiger partial charge >= 0.3 is 0 Å². The summed E-state index contributed by atoms with van der Waals surface area (Å²) in [6.45, 7) is 8.58. The van der Waals surface area contributed by atoms with Gasteiger partial charge < -0.3 is 9.30 Å². The molecule has 0 amide bonds. The van der Waals surface area contributed by atoms with Crippen LogP contribution in [0.4, 0.5) is 0 Å². The Balaban J connectivity index is 2.06. The topological polar surface area (TPSA) is 66.1 Å². The summed E-state index contributed by atoms with van der Waals surface area (Å²) in [4.78, 5) is 24.5. The first-order chi connectivity index (χ1) is 12.7. The van der Waals surface area contributed by atoms with Crippen LogP contribution in [0, 0.1) is 5.41 Å². The molecule has 27 heavy (non-hydrogen) atoms. The predicted octanol–water partition coefficient (Wildman–Crippen LogP) is 3.68. The van der Waals surface area contributed by atoms with Gasteiger partial charge in [-0.25, -0.2) is 0 Å². The quantitative estimate of drug-likeness (QED) is 0.650. The Hall–Kier alpha value is -2.89. The average Bonchev–Trinajstić information content (AvgIpc) is 2.96. The lowest BCUT2D eigenvalue weighted by molar-refractivity contribution is 0.101. The molecule has 1 atom stereocenters. The molecule has 0 N–H and O–H groups in total. The maximum absolute atomic E-state index is 12.6. The molecule has 0 radical (unpaired) electrons. The molecule has 1 aliphatic rings. The zero-order chi connectivity index (χ0) is 19.5. The first kappa shape index (κ1) is 17.5. The zero-order valence-corrected chi connectivity index (χ0v) is 16.2. The van der Waals surface area contributed by atoms with Crippen LogP contribution in [0.1, 0.15) is 44.1 Å². The van der Waals surface area contributed by atoms with Gasteiger partial charge in [-0.2, -0.15) is 5.10 Å². The van der Waals surface area contributed by atoms with Gasteiger partial charge in [-0.05, 0) is 24.5 Å². The molecule has 0 saturated heterocycles. The number of Topliss-reactive ketones (excluding diaryl/α,β-unsaturated/α-hetero) is 1. The minimum absolute atomic E-state index is 0.0647. The largest absolute Gasteiger partial charge is 0.497 e. The number of fused-ring (bicyclic) bond motifs is 5. The molecular weight excluding hydrogens is 342 g/mol. The van der Waals surface area contributed by atoms with Crippen molar-refractivity contribution in [1.29, 1.82) is 0 Å². The number of hydrogen-bond acceptors (Lipinski definition) is 4. The van der Waals surface area contributed by atoms with Gasteiger partial charge in [0.1, 0.15) is 5.75 Å². The molecule has 6 nitrogen and oxygen atoms in total. The summed E-state index contributed by atoms with van der Waals surface area (Å²) in [6.07, 6.45) is 1.72. The minimum Gasteiger partial charge on any atom is -0.497 e. The Bertz CT molecular complexity index is 1130. The number of methoxy groups -OCH3 is 1. The fraction of sp³-hybridized carbons (Fsp3) is 0.381. The maximum atomic E-state index is 12.6. The van der Waals surface area contributed by atoms with Crippen LogP contribution in [-0.2, 0) is 6.54 Å². The Morgan fingerprint density at radius 3 is 2.63 bits per heavy atom. The Morgan fingerprint density at radius 1 is 1.26 bits per heavy atom. The Morgan fingerprint density at radius 2 is 2.00 bits per heavy atom. The summed E-state index contributed by atoms with van der Waals surface area (Å²) < 4.78 is 9.38. The third-order valence-corrected chi connectivity index (χ3v) is 5.33. The summed E-state index contributed by atoms with van der Waals surface area (Å²) >= 11 is 0. The molecule has 2 aromatic heterocycles. The third kappa shape index (κ3) is 2.67. The van der Waals surface area contributed by atoms with E-state index >= 15 is 0 Å². The first-order valence-corrected chi connectivity index (χ1v) is 9.03. The highest BCUT2D eigenvalue weighted by Crippen LogP contribution is 2.42. The molecule has 3 aromatic rings. The van der Waals surface area contributed by atoms with Crippen LogP contribution in [0.25, 0.3) is 22.3 Å². The van der Waals surface area contributed by atoms with Crippen molar-refractivity contribution in [3.63, 3.8) is 0 Å². The van der Waals surface area contributed by atoms with Crippen LogP contribution < -0.4 is 10.2 Å². The molecule has 140 valence electrons. The van der Waals surface area contributed by atoms with Gasteiger partial charge in [0.15, 0.2) is 11.2 Å². The van der Waals surface area contributed by atoms with Crippen molar-refractivity contribution in [2.75, 3.05) is 7.11 Å². The monoisotopic (exact) mass is 365 g/mol. The van der Waals surface area contributed by atoms with E-state index in [2.05, 4.69) is 25.3 Å². The first-order valence-electron chi connectivity index (χ1n) is 9.03. The number of ether oxygens (including phenoxy) is 1. The van der Waals surface area contributed by atoms with Gasteiger partial charge in [0, 0.05) is 23.7 Å².